The molecule has 0 spiro atoms. The van der Waals surface area contributed by atoms with Gasteiger partial charge in [0, 0.05) is 37.3 Å². The number of rotatable bonds is 9. The van der Waals surface area contributed by atoms with Gasteiger partial charge >= 0.3 is 6.03 Å². The molecule has 1 heterocycles. The Labute approximate surface area is 208 Å². The molecule has 0 aliphatic carbocycles. The van der Waals surface area contributed by atoms with Crippen LogP contribution in [0.3, 0.4) is 0 Å². The van der Waals surface area contributed by atoms with E-state index in [0.717, 1.165) is 0 Å². The van der Waals surface area contributed by atoms with Crippen LogP contribution in [0.2, 0.25) is 0 Å². The second kappa shape index (κ2) is 12.5. The lowest BCUT2D eigenvalue weighted by molar-refractivity contribution is -0.136. The van der Waals surface area contributed by atoms with E-state index < -0.39 is 11.9 Å². The van der Waals surface area contributed by atoms with Crippen LogP contribution in [0.15, 0.2) is 12.1 Å². The monoisotopic (exact) mass is 492 g/mol. The van der Waals surface area contributed by atoms with Crippen molar-refractivity contribution in [1.82, 2.24) is 20.4 Å². The Bertz CT molecular complexity index is 881. The Balaban J connectivity index is 2.20. The van der Waals surface area contributed by atoms with E-state index in [1.807, 2.05) is 34.6 Å². The second-order valence-corrected chi connectivity index (χ2v) is 9.18. The van der Waals surface area contributed by atoms with E-state index in [2.05, 4.69) is 10.6 Å². The molecule has 2 N–H and O–H groups in total. The third-order valence-corrected chi connectivity index (χ3v) is 6.30. The fraction of sp³-hybridized carbons (Fsp3) is 0.640. The van der Waals surface area contributed by atoms with E-state index in [1.54, 1.807) is 21.9 Å². The SMILES string of the molecule is CCC(C)C(NC(=O)c1cc(OC)c(OC)c(OC)c1)C(=O)N1CCN(C(=O)NC(C)C)C(C)C1. The van der Waals surface area contributed by atoms with Crippen LogP contribution in [0, 0.1) is 5.92 Å². The van der Waals surface area contributed by atoms with Crippen molar-refractivity contribution in [2.24, 2.45) is 5.92 Å². The number of amides is 4. The molecule has 4 amide bonds. The van der Waals surface area contributed by atoms with Gasteiger partial charge in [-0.25, -0.2) is 4.79 Å². The van der Waals surface area contributed by atoms with Crippen molar-refractivity contribution >= 4 is 17.8 Å². The molecule has 1 aliphatic heterocycles. The fourth-order valence-corrected chi connectivity index (χ4v) is 4.11. The lowest BCUT2D eigenvalue weighted by Crippen LogP contribution is -2.61. The Hall–Kier alpha value is -3.17. The number of carbonyl (C=O) groups is 3. The number of carbonyl (C=O) groups excluding carboxylic acids is 3. The van der Waals surface area contributed by atoms with Crippen molar-refractivity contribution in [3.05, 3.63) is 17.7 Å². The Morgan fingerprint density at radius 3 is 2.06 bits per heavy atom. The van der Waals surface area contributed by atoms with E-state index in [1.165, 1.54) is 21.3 Å². The molecule has 3 unspecified atom stereocenters. The summed E-state index contributed by atoms with van der Waals surface area (Å²) in [5, 5.41) is 5.83. The van der Waals surface area contributed by atoms with Gasteiger partial charge < -0.3 is 34.6 Å². The molecule has 196 valence electrons. The molecule has 2 rings (SSSR count). The minimum absolute atomic E-state index is 0.0366. The molecule has 10 nitrogen and oxygen atoms in total. The number of nitrogens with one attached hydrogen (secondary N) is 2. The maximum atomic E-state index is 13.5. The highest BCUT2D eigenvalue weighted by atomic mass is 16.5. The number of hydrogen-bond donors (Lipinski definition) is 2. The molecular weight excluding hydrogens is 452 g/mol. The van der Waals surface area contributed by atoms with E-state index in [9.17, 15) is 14.4 Å². The summed E-state index contributed by atoms with van der Waals surface area (Å²) in [6.45, 7) is 10.9. The van der Waals surface area contributed by atoms with E-state index in [-0.39, 0.29) is 29.9 Å². The van der Waals surface area contributed by atoms with Gasteiger partial charge in [-0.2, -0.15) is 0 Å². The summed E-state index contributed by atoms with van der Waals surface area (Å²) in [4.78, 5) is 42.7. The van der Waals surface area contributed by atoms with Gasteiger partial charge in [-0.15, -0.1) is 0 Å². The van der Waals surface area contributed by atoms with Crippen molar-refractivity contribution in [1.29, 1.82) is 0 Å². The lowest BCUT2D eigenvalue weighted by Gasteiger charge is -2.41. The number of nitrogens with zero attached hydrogens (tertiary/aromatic N) is 2. The predicted octanol–water partition coefficient (Wildman–Crippen LogP) is 2.51. The van der Waals surface area contributed by atoms with Crippen LogP contribution in [0.5, 0.6) is 17.2 Å². The summed E-state index contributed by atoms with van der Waals surface area (Å²) >= 11 is 0. The molecular formula is C25H40N4O6. The minimum atomic E-state index is -0.713. The summed E-state index contributed by atoms with van der Waals surface area (Å²) in [6, 6.07) is 2.17. The fourth-order valence-electron chi connectivity index (χ4n) is 4.11. The quantitative estimate of drug-likeness (QED) is 0.548. The van der Waals surface area contributed by atoms with Crippen LogP contribution in [-0.2, 0) is 4.79 Å². The largest absolute Gasteiger partial charge is 0.493 e. The maximum absolute atomic E-state index is 13.5. The third-order valence-electron chi connectivity index (χ3n) is 6.30. The molecule has 1 aliphatic rings. The zero-order valence-electron chi connectivity index (χ0n) is 22.1. The van der Waals surface area contributed by atoms with Gasteiger partial charge in [-0.3, -0.25) is 9.59 Å². The average Bonchev–Trinajstić information content (AvgIpc) is 2.84. The van der Waals surface area contributed by atoms with Gasteiger partial charge in [-0.05, 0) is 38.8 Å². The molecule has 1 aromatic rings. The highest BCUT2D eigenvalue weighted by Crippen LogP contribution is 2.38. The first-order valence-corrected chi connectivity index (χ1v) is 12.0. The second-order valence-electron chi connectivity index (χ2n) is 9.18. The van der Waals surface area contributed by atoms with Gasteiger partial charge in [0.05, 0.1) is 21.3 Å². The number of benzene rings is 1. The molecule has 0 saturated carbocycles. The van der Waals surface area contributed by atoms with E-state index in [4.69, 9.17) is 14.2 Å². The molecule has 1 saturated heterocycles. The number of ether oxygens (including phenoxy) is 3. The average molecular weight is 493 g/mol. The van der Waals surface area contributed by atoms with Crippen LogP contribution in [0.1, 0.15) is 51.4 Å². The van der Waals surface area contributed by atoms with Crippen LogP contribution in [0.4, 0.5) is 4.79 Å². The van der Waals surface area contributed by atoms with Crippen LogP contribution >= 0.6 is 0 Å². The summed E-state index contributed by atoms with van der Waals surface area (Å²) in [7, 11) is 4.45. The number of piperazine rings is 1. The standard InChI is InChI=1S/C25H40N4O6/c1-9-16(4)21(24(31)28-10-11-29(17(5)14-28)25(32)26-15(2)3)27-23(30)18-12-19(33-6)22(35-8)20(13-18)34-7/h12-13,15-17,21H,9-11,14H2,1-8H3,(H,26,32)(H,27,30). The normalized spacial score (nSPS) is 17.5. The Kier molecular flexibility index (Phi) is 10.0. The van der Waals surface area contributed by atoms with Crippen molar-refractivity contribution in [2.45, 2.75) is 59.2 Å². The molecule has 1 aromatic carbocycles. The summed E-state index contributed by atoms with van der Waals surface area (Å²) < 4.78 is 16.0. The van der Waals surface area contributed by atoms with Crippen molar-refractivity contribution in [3.8, 4) is 17.2 Å². The van der Waals surface area contributed by atoms with Gasteiger partial charge in [0.1, 0.15) is 6.04 Å². The molecule has 35 heavy (non-hydrogen) atoms. The molecule has 0 radical (unpaired) electrons. The van der Waals surface area contributed by atoms with Crippen molar-refractivity contribution in [2.75, 3.05) is 41.0 Å². The molecule has 10 heteroatoms. The molecule has 3 atom stereocenters. The third kappa shape index (κ3) is 6.70. The van der Waals surface area contributed by atoms with Crippen molar-refractivity contribution < 1.29 is 28.6 Å². The van der Waals surface area contributed by atoms with Gasteiger partial charge in [0.2, 0.25) is 11.7 Å². The first-order chi connectivity index (χ1) is 16.6. The van der Waals surface area contributed by atoms with Gasteiger partial charge in [0.25, 0.3) is 5.91 Å². The molecule has 0 bridgehead atoms. The topological polar surface area (TPSA) is 109 Å². The Morgan fingerprint density at radius 2 is 1.60 bits per heavy atom. The summed E-state index contributed by atoms with van der Waals surface area (Å²) in [5.74, 6) is 0.434. The zero-order chi connectivity index (χ0) is 26.3. The molecule has 1 fully saturated rings. The van der Waals surface area contributed by atoms with Crippen LogP contribution in [-0.4, -0.2) is 86.7 Å². The zero-order valence-corrected chi connectivity index (χ0v) is 22.1. The van der Waals surface area contributed by atoms with Crippen LogP contribution < -0.4 is 24.8 Å². The first kappa shape index (κ1) is 28.1. The van der Waals surface area contributed by atoms with Gasteiger partial charge in [-0.1, -0.05) is 20.3 Å². The maximum Gasteiger partial charge on any atom is 0.317 e. The van der Waals surface area contributed by atoms with Gasteiger partial charge in [0.15, 0.2) is 11.5 Å². The van der Waals surface area contributed by atoms with Crippen LogP contribution in [0.25, 0.3) is 0 Å². The lowest BCUT2D eigenvalue weighted by atomic mass is 9.96. The van der Waals surface area contributed by atoms with E-state index in [0.29, 0.717) is 48.9 Å². The summed E-state index contributed by atoms with van der Waals surface area (Å²) in [6.07, 6.45) is 0.707. The smallest absolute Gasteiger partial charge is 0.317 e. The predicted molar refractivity (Wildman–Crippen MR) is 133 cm³/mol. The number of methoxy groups -OCH3 is 3. The highest BCUT2D eigenvalue weighted by Gasteiger charge is 2.35. The highest BCUT2D eigenvalue weighted by molar-refractivity contribution is 5.98. The van der Waals surface area contributed by atoms with E-state index >= 15 is 0 Å². The first-order valence-electron chi connectivity index (χ1n) is 12.0. The number of hydrogen-bond acceptors (Lipinski definition) is 6. The van der Waals surface area contributed by atoms with Crippen molar-refractivity contribution in [3.63, 3.8) is 0 Å². The number of urea groups is 1. The molecule has 0 aromatic heterocycles. The summed E-state index contributed by atoms with van der Waals surface area (Å²) in [5.41, 5.74) is 0.296. The minimum Gasteiger partial charge on any atom is -0.493 e. The Morgan fingerprint density at radius 1 is 1.00 bits per heavy atom.